The summed E-state index contributed by atoms with van der Waals surface area (Å²) in [6.45, 7) is 0.465. The molecule has 4 rings (SSSR count). The Hall–Kier alpha value is -2.27. The Labute approximate surface area is 221 Å². The molecule has 0 unspecified atom stereocenters. The van der Waals surface area contributed by atoms with Crippen molar-refractivity contribution in [3.05, 3.63) is 50.1 Å². The van der Waals surface area contributed by atoms with Crippen LogP contribution in [0.3, 0.4) is 0 Å². The number of esters is 1. The molecule has 0 radical (unpaired) electrons. The summed E-state index contributed by atoms with van der Waals surface area (Å²) in [5.41, 5.74) is 1.50. The molecule has 1 amide bonds. The molecule has 0 atom stereocenters. The monoisotopic (exact) mass is 554 g/mol. The van der Waals surface area contributed by atoms with Crippen LogP contribution in [-0.2, 0) is 35.8 Å². The number of ether oxygens (including phenoxy) is 2. The molecule has 186 valence electrons. The fraction of sp³-hybridized carbons (Fsp3) is 0.391. The number of thioether (sulfide) groups is 1. The summed E-state index contributed by atoms with van der Waals surface area (Å²) in [6, 6.07) is 5.11. The minimum Gasteiger partial charge on any atom is -0.492 e. The Morgan fingerprint density at radius 2 is 2.09 bits per heavy atom. The lowest BCUT2D eigenvalue weighted by atomic mass is 10.1. The highest BCUT2D eigenvalue weighted by Gasteiger charge is 2.28. The Kier molecular flexibility index (Phi) is 8.59. The lowest BCUT2D eigenvalue weighted by Gasteiger charge is -2.08. The van der Waals surface area contributed by atoms with E-state index in [1.54, 1.807) is 18.2 Å². The van der Waals surface area contributed by atoms with Gasteiger partial charge in [-0.25, -0.2) is 4.79 Å². The van der Waals surface area contributed by atoms with Crippen molar-refractivity contribution < 1.29 is 19.1 Å². The topological polar surface area (TPSA) is 95.3 Å². The Balaban J connectivity index is 1.27. The predicted octanol–water partition coefficient (Wildman–Crippen LogP) is 5.20. The highest BCUT2D eigenvalue weighted by Crippen LogP contribution is 2.39. The summed E-state index contributed by atoms with van der Waals surface area (Å²) in [7, 11) is 3.22. The number of rotatable bonds is 10. The zero-order valence-electron chi connectivity index (χ0n) is 19.2. The highest BCUT2D eigenvalue weighted by molar-refractivity contribution is 7.99. The van der Waals surface area contributed by atoms with Crippen LogP contribution >= 0.6 is 46.3 Å². The summed E-state index contributed by atoms with van der Waals surface area (Å²) in [5.74, 6) is 0.905. The van der Waals surface area contributed by atoms with Gasteiger partial charge in [0.15, 0.2) is 5.16 Å². The molecule has 0 aliphatic heterocycles. The van der Waals surface area contributed by atoms with Crippen molar-refractivity contribution in [3.8, 4) is 5.75 Å². The summed E-state index contributed by atoms with van der Waals surface area (Å²) in [6.07, 6.45) is 4.15. The van der Waals surface area contributed by atoms with Gasteiger partial charge in [0.2, 0.25) is 5.91 Å². The molecule has 0 saturated carbocycles. The number of hydrogen-bond acceptors (Lipinski definition) is 8. The van der Waals surface area contributed by atoms with E-state index in [1.165, 1.54) is 30.2 Å². The quantitative estimate of drug-likeness (QED) is 0.209. The van der Waals surface area contributed by atoms with Crippen LogP contribution in [0.4, 0.5) is 5.00 Å². The minimum absolute atomic E-state index is 0.146. The van der Waals surface area contributed by atoms with Gasteiger partial charge in [-0.1, -0.05) is 35.0 Å². The molecule has 1 N–H and O–H groups in total. The van der Waals surface area contributed by atoms with E-state index in [2.05, 4.69) is 15.5 Å². The van der Waals surface area contributed by atoms with Gasteiger partial charge in [0.25, 0.3) is 0 Å². The lowest BCUT2D eigenvalue weighted by molar-refractivity contribution is -0.113. The number of hydrogen-bond donors (Lipinski definition) is 1. The Morgan fingerprint density at radius 3 is 2.86 bits per heavy atom. The van der Waals surface area contributed by atoms with E-state index in [0.29, 0.717) is 44.5 Å². The first-order chi connectivity index (χ1) is 16.9. The molecular weight excluding hydrogens is 531 g/mol. The summed E-state index contributed by atoms with van der Waals surface area (Å²) in [4.78, 5) is 26.0. The number of aryl methyl sites for hydroxylation is 2. The van der Waals surface area contributed by atoms with Crippen molar-refractivity contribution in [2.75, 3.05) is 24.8 Å². The van der Waals surface area contributed by atoms with E-state index in [1.807, 2.05) is 11.6 Å². The average molecular weight is 556 g/mol. The maximum absolute atomic E-state index is 12.6. The molecular formula is C23H24Cl2N4O4S2. The smallest absolute Gasteiger partial charge is 0.341 e. The first-order valence-corrected chi connectivity index (χ1v) is 13.5. The van der Waals surface area contributed by atoms with Gasteiger partial charge < -0.3 is 19.4 Å². The molecule has 35 heavy (non-hydrogen) atoms. The van der Waals surface area contributed by atoms with Crippen LogP contribution in [0.5, 0.6) is 5.75 Å². The second-order valence-corrected chi connectivity index (χ2v) is 10.8. The van der Waals surface area contributed by atoms with Gasteiger partial charge in [0.1, 0.15) is 16.6 Å². The van der Waals surface area contributed by atoms with Crippen molar-refractivity contribution >= 4 is 63.2 Å². The SMILES string of the molecule is COC(=O)c1c(NC(=O)CSc2nnc(CCCOc3ccc(Cl)cc3Cl)n2C)sc2c1CCC2. The van der Waals surface area contributed by atoms with Crippen LogP contribution < -0.4 is 10.1 Å². The summed E-state index contributed by atoms with van der Waals surface area (Å²) < 4.78 is 12.5. The molecule has 1 aliphatic rings. The van der Waals surface area contributed by atoms with E-state index >= 15 is 0 Å². The fourth-order valence-corrected chi connectivity index (χ4v) is 6.28. The van der Waals surface area contributed by atoms with Crippen LogP contribution in [0.15, 0.2) is 23.4 Å². The number of amides is 1. The highest BCUT2D eigenvalue weighted by atomic mass is 35.5. The number of aromatic nitrogens is 3. The van der Waals surface area contributed by atoms with Crippen LogP contribution in [0.2, 0.25) is 10.0 Å². The van der Waals surface area contributed by atoms with Crippen molar-refractivity contribution in [2.45, 2.75) is 37.3 Å². The maximum atomic E-state index is 12.6. The molecule has 2 aromatic heterocycles. The van der Waals surface area contributed by atoms with Gasteiger partial charge >= 0.3 is 5.97 Å². The number of nitrogens with zero attached hydrogens (tertiary/aromatic N) is 3. The molecule has 1 aliphatic carbocycles. The molecule has 2 heterocycles. The Bertz CT molecular complexity index is 1240. The van der Waals surface area contributed by atoms with E-state index in [9.17, 15) is 9.59 Å². The number of carbonyl (C=O) groups excluding carboxylic acids is 2. The van der Waals surface area contributed by atoms with Crippen molar-refractivity contribution in [1.29, 1.82) is 0 Å². The second kappa shape index (κ2) is 11.6. The number of thiophene rings is 1. The number of carbonyl (C=O) groups is 2. The third-order valence-electron chi connectivity index (χ3n) is 5.52. The molecule has 12 heteroatoms. The maximum Gasteiger partial charge on any atom is 0.341 e. The molecule has 0 bridgehead atoms. The normalized spacial score (nSPS) is 12.5. The third-order valence-corrected chi connectivity index (χ3v) is 8.28. The number of halogens is 2. The lowest BCUT2D eigenvalue weighted by Crippen LogP contribution is -2.16. The fourth-order valence-electron chi connectivity index (χ4n) is 3.80. The first-order valence-electron chi connectivity index (χ1n) is 11.0. The van der Waals surface area contributed by atoms with E-state index < -0.39 is 5.97 Å². The van der Waals surface area contributed by atoms with E-state index in [0.717, 1.165) is 41.9 Å². The third kappa shape index (κ3) is 6.11. The molecule has 3 aromatic rings. The number of nitrogens with one attached hydrogen (secondary N) is 1. The molecule has 0 spiro atoms. The van der Waals surface area contributed by atoms with Gasteiger partial charge in [-0.15, -0.1) is 21.5 Å². The van der Waals surface area contributed by atoms with Crippen LogP contribution in [-0.4, -0.2) is 46.1 Å². The molecule has 8 nitrogen and oxygen atoms in total. The largest absolute Gasteiger partial charge is 0.492 e. The van der Waals surface area contributed by atoms with Gasteiger partial charge in [-0.05, 0) is 49.4 Å². The minimum atomic E-state index is -0.410. The van der Waals surface area contributed by atoms with Crippen LogP contribution in [0, 0.1) is 0 Å². The van der Waals surface area contributed by atoms with Crippen molar-refractivity contribution in [2.24, 2.45) is 7.05 Å². The average Bonchev–Trinajstić information content (AvgIpc) is 3.51. The van der Waals surface area contributed by atoms with Gasteiger partial charge in [0.05, 0.1) is 30.1 Å². The van der Waals surface area contributed by atoms with Crippen molar-refractivity contribution in [3.63, 3.8) is 0 Å². The van der Waals surface area contributed by atoms with Gasteiger partial charge in [-0.3, -0.25) is 4.79 Å². The zero-order valence-corrected chi connectivity index (χ0v) is 22.4. The molecule has 0 saturated heterocycles. The molecule has 1 aromatic carbocycles. The number of benzene rings is 1. The number of fused-ring (bicyclic) bond motifs is 1. The predicted molar refractivity (Wildman–Crippen MR) is 138 cm³/mol. The van der Waals surface area contributed by atoms with Gasteiger partial charge in [0, 0.05) is 23.4 Å². The van der Waals surface area contributed by atoms with E-state index in [4.69, 9.17) is 32.7 Å². The summed E-state index contributed by atoms with van der Waals surface area (Å²) >= 11 is 14.8. The van der Waals surface area contributed by atoms with Crippen LogP contribution in [0.25, 0.3) is 0 Å². The number of methoxy groups -OCH3 is 1. The van der Waals surface area contributed by atoms with Gasteiger partial charge in [-0.2, -0.15) is 0 Å². The first kappa shape index (κ1) is 25.8. The summed E-state index contributed by atoms with van der Waals surface area (Å²) in [5, 5.41) is 13.5. The van der Waals surface area contributed by atoms with E-state index in [-0.39, 0.29) is 11.7 Å². The zero-order chi connectivity index (χ0) is 24.9. The van der Waals surface area contributed by atoms with Crippen LogP contribution in [0.1, 0.15) is 39.5 Å². The second-order valence-electron chi connectivity index (χ2n) is 7.87. The molecule has 0 fully saturated rings. The van der Waals surface area contributed by atoms with Crippen molar-refractivity contribution in [1.82, 2.24) is 14.8 Å². The standard InChI is InChI=1S/C23H24Cl2N4O4S2/c1-29-18(7-4-10-33-16-9-8-13(24)11-15(16)25)27-28-23(29)34-12-19(30)26-21-20(22(31)32-2)14-5-3-6-17(14)35-21/h8-9,11H,3-7,10,12H2,1-2H3,(H,26,30). The Morgan fingerprint density at radius 1 is 1.26 bits per heavy atom. The number of anilines is 1.